The number of amides is 2. The van der Waals surface area contributed by atoms with E-state index in [0.717, 1.165) is 41.5 Å². The van der Waals surface area contributed by atoms with Gasteiger partial charge in [-0.1, -0.05) is 30.3 Å². The average molecular weight is 383 g/mol. The Morgan fingerprint density at radius 2 is 1.72 bits per heavy atom. The van der Waals surface area contributed by atoms with Crippen LogP contribution in [0.15, 0.2) is 59.3 Å². The molecule has 0 fully saturated rings. The molecule has 2 N–H and O–H groups in total. The maximum Gasteiger partial charge on any atom is 0.259 e. The first kappa shape index (κ1) is 16.3. The Bertz CT molecular complexity index is 1370. The molecular formula is C23H17N3O3. The van der Waals surface area contributed by atoms with Crippen LogP contribution in [0.3, 0.4) is 0 Å². The number of carbonyl (C=O) groups is 2. The molecule has 2 aliphatic heterocycles. The summed E-state index contributed by atoms with van der Waals surface area (Å²) in [7, 11) is 0. The predicted molar refractivity (Wildman–Crippen MR) is 110 cm³/mol. The van der Waals surface area contributed by atoms with Gasteiger partial charge in [0.2, 0.25) is 0 Å². The quantitative estimate of drug-likeness (QED) is 0.522. The van der Waals surface area contributed by atoms with Gasteiger partial charge in [-0.3, -0.25) is 14.9 Å². The summed E-state index contributed by atoms with van der Waals surface area (Å²) in [4.78, 5) is 25.8. The van der Waals surface area contributed by atoms with Crippen LogP contribution in [0.1, 0.15) is 16.7 Å². The fourth-order valence-corrected chi connectivity index (χ4v) is 4.56. The van der Waals surface area contributed by atoms with E-state index in [1.54, 1.807) is 6.26 Å². The normalized spacial score (nSPS) is 16.7. The largest absolute Gasteiger partial charge is 0.464 e. The fraction of sp³-hybridized carbons (Fsp3) is 0.130. The molecule has 0 atom stereocenters. The maximum atomic E-state index is 12.9. The van der Waals surface area contributed by atoms with Gasteiger partial charge in [0.25, 0.3) is 11.8 Å². The molecule has 29 heavy (non-hydrogen) atoms. The number of imide groups is 1. The molecule has 0 unspecified atom stereocenters. The lowest BCUT2D eigenvalue weighted by Gasteiger charge is -2.06. The van der Waals surface area contributed by atoms with E-state index in [1.807, 2.05) is 42.6 Å². The van der Waals surface area contributed by atoms with Gasteiger partial charge in [0.05, 0.1) is 22.9 Å². The van der Waals surface area contributed by atoms with Gasteiger partial charge in [0.15, 0.2) is 0 Å². The number of furan rings is 1. The molecule has 2 amide bonds. The first-order chi connectivity index (χ1) is 14.2. The monoisotopic (exact) mass is 383 g/mol. The van der Waals surface area contributed by atoms with Crippen LogP contribution in [0, 0.1) is 0 Å². The third-order valence-corrected chi connectivity index (χ3v) is 5.79. The molecular weight excluding hydrogens is 366 g/mol. The van der Waals surface area contributed by atoms with Crippen LogP contribution < -0.4 is 10.6 Å². The van der Waals surface area contributed by atoms with Gasteiger partial charge >= 0.3 is 0 Å². The molecule has 0 saturated heterocycles. The SMILES string of the molecule is O=C1NC(=O)C(c2cn3c4c(cccc24)CNCC3)=C1c1cccc2occc12. The minimum atomic E-state index is -0.371. The van der Waals surface area contributed by atoms with E-state index < -0.39 is 0 Å². The highest BCUT2D eigenvalue weighted by molar-refractivity contribution is 6.50. The molecule has 6 nitrogen and oxygen atoms in total. The third kappa shape index (κ3) is 2.26. The maximum absolute atomic E-state index is 12.9. The van der Waals surface area contributed by atoms with Crippen LogP contribution in [0.25, 0.3) is 33.0 Å². The van der Waals surface area contributed by atoms with Crippen LogP contribution in [0.2, 0.25) is 0 Å². The van der Waals surface area contributed by atoms with Gasteiger partial charge in [-0.15, -0.1) is 0 Å². The first-order valence-corrected chi connectivity index (χ1v) is 9.61. The number of aromatic nitrogens is 1. The van der Waals surface area contributed by atoms with Gasteiger partial charge in [-0.05, 0) is 23.3 Å². The predicted octanol–water partition coefficient (Wildman–Crippen LogP) is 3.06. The van der Waals surface area contributed by atoms with Gasteiger partial charge in [0.1, 0.15) is 5.58 Å². The lowest BCUT2D eigenvalue weighted by Crippen LogP contribution is -2.22. The molecule has 0 saturated carbocycles. The van der Waals surface area contributed by atoms with Crippen LogP contribution in [0.5, 0.6) is 0 Å². The van der Waals surface area contributed by atoms with Crippen LogP contribution >= 0.6 is 0 Å². The summed E-state index contributed by atoms with van der Waals surface area (Å²) in [5.41, 5.74) is 5.33. The second-order valence-corrected chi connectivity index (χ2v) is 7.40. The zero-order chi connectivity index (χ0) is 19.5. The summed E-state index contributed by atoms with van der Waals surface area (Å²) in [6.45, 7) is 2.44. The summed E-state index contributed by atoms with van der Waals surface area (Å²) in [6, 6.07) is 13.5. The Balaban J connectivity index is 1.69. The van der Waals surface area contributed by atoms with E-state index >= 15 is 0 Å². The highest BCUT2D eigenvalue weighted by atomic mass is 16.3. The molecule has 4 heterocycles. The smallest absolute Gasteiger partial charge is 0.259 e. The molecule has 6 heteroatoms. The number of carbonyl (C=O) groups excluding carboxylic acids is 2. The second kappa shape index (κ2) is 5.93. The third-order valence-electron chi connectivity index (χ3n) is 5.79. The summed E-state index contributed by atoms with van der Waals surface area (Å²) in [5.74, 6) is -0.727. The topological polar surface area (TPSA) is 76.3 Å². The van der Waals surface area contributed by atoms with Crippen molar-refractivity contribution in [2.75, 3.05) is 6.54 Å². The van der Waals surface area contributed by atoms with Gasteiger partial charge in [-0.25, -0.2) is 0 Å². The van der Waals surface area contributed by atoms with E-state index in [1.165, 1.54) is 5.56 Å². The van der Waals surface area contributed by atoms with Crippen molar-refractivity contribution in [1.82, 2.24) is 15.2 Å². The van der Waals surface area contributed by atoms with Crippen molar-refractivity contribution in [3.63, 3.8) is 0 Å². The summed E-state index contributed by atoms with van der Waals surface area (Å²) < 4.78 is 7.68. The van der Waals surface area contributed by atoms with Crippen molar-refractivity contribution in [2.45, 2.75) is 13.1 Å². The van der Waals surface area contributed by atoms with Crippen molar-refractivity contribution in [1.29, 1.82) is 0 Å². The van der Waals surface area contributed by atoms with Crippen molar-refractivity contribution in [3.05, 3.63) is 71.6 Å². The Kier molecular flexibility index (Phi) is 3.34. The molecule has 0 aliphatic carbocycles. The van der Waals surface area contributed by atoms with Crippen LogP contribution in [0.4, 0.5) is 0 Å². The summed E-state index contributed by atoms with van der Waals surface area (Å²) in [5, 5.41) is 7.73. The second-order valence-electron chi connectivity index (χ2n) is 7.40. The Morgan fingerprint density at radius 1 is 0.897 bits per heavy atom. The van der Waals surface area contributed by atoms with Gasteiger partial charge in [-0.2, -0.15) is 0 Å². The van der Waals surface area contributed by atoms with E-state index in [0.29, 0.717) is 22.3 Å². The molecule has 2 aromatic heterocycles. The van der Waals surface area contributed by atoms with Crippen LogP contribution in [-0.4, -0.2) is 22.9 Å². The first-order valence-electron chi connectivity index (χ1n) is 9.61. The lowest BCUT2D eigenvalue weighted by molar-refractivity contribution is -0.122. The van der Waals surface area contributed by atoms with Crippen molar-refractivity contribution < 1.29 is 14.0 Å². The number of benzene rings is 2. The van der Waals surface area contributed by atoms with Gasteiger partial charge < -0.3 is 14.3 Å². The Labute approximate surface area is 165 Å². The summed E-state index contributed by atoms with van der Waals surface area (Å²) in [6.07, 6.45) is 3.60. The van der Waals surface area contributed by atoms with Crippen LogP contribution in [-0.2, 0) is 22.7 Å². The summed E-state index contributed by atoms with van der Waals surface area (Å²) >= 11 is 0. The lowest BCUT2D eigenvalue weighted by atomic mass is 9.94. The zero-order valence-electron chi connectivity index (χ0n) is 15.5. The fourth-order valence-electron chi connectivity index (χ4n) is 4.56. The molecule has 6 rings (SSSR count). The number of hydrogen-bond donors (Lipinski definition) is 2. The average Bonchev–Trinajstić information content (AvgIpc) is 3.36. The molecule has 0 bridgehead atoms. The van der Waals surface area contributed by atoms with Crippen molar-refractivity contribution in [2.24, 2.45) is 0 Å². The minimum Gasteiger partial charge on any atom is -0.464 e. The number of hydrogen-bond acceptors (Lipinski definition) is 4. The van der Waals surface area contributed by atoms with E-state index in [-0.39, 0.29) is 11.8 Å². The minimum absolute atomic E-state index is 0.356. The Hall–Kier alpha value is -3.64. The standard InChI is InChI=1S/C23H17N3O3/c27-22-19(15-4-2-6-18-14(15)7-10-29-18)20(23(28)25-22)17-12-26-9-8-24-11-13-3-1-5-16(17)21(13)26/h1-7,10,12,24H,8-9,11H2,(H,25,27,28). The number of nitrogens with zero attached hydrogens (tertiary/aromatic N) is 1. The van der Waals surface area contributed by atoms with E-state index in [4.69, 9.17) is 4.42 Å². The van der Waals surface area contributed by atoms with E-state index in [2.05, 4.69) is 21.3 Å². The Morgan fingerprint density at radius 3 is 2.62 bits per heavy atom. The zero-order valence-corrected chi connectivity index (χ0v) is 15.5. The number of fused-ring (bicyclic) bond motifs is 1. The van der Waals surface area contributed by atoms with Gasteiger partial charge in [0, 0.05) is 42.2 Å². The molecule has 2 aromatic carbocycles. The number of rotatable bonds is 2. The number of nitrogens with one attached hydrogen (secondary N) is 2. The van der Waals surface area contributed by atoms with Crippen molar-refractivity contribution >= 4 is 44.8 Å². The molecule has 0 radical (unpaired) electrons. The highest BCUT2D eigenvalue weighted by Gasteiger charge is 2.35. The molecule has 4 aromatic rings. The molecule has 2 aliphatic rings. The number of para-hydroxylation sites is 1. The highest BCUT2D eigenvalue weighted by Crippen LogP contribution is 2.39. The molecule has 0 spiro atoms. The molecule has 142 valence electrons. The van der Waals surface area contributed by atoms with E-state index in [9.17, 15) is 9.59 Å². The van der Waals surface area contributed by atoms with Crippen molar-refractivity contribution in [3.8, 4) is 0 Å².